The highest BCUT2D eigenvalue weighted by molar-refractivity contribution is 8.13. The molecule has 1 aliphatic heterocycles. The van der Waals surface area contributed by atoms with Crippen LogP contribution in [0.1, 0.15) is 13.3 Å². The van der Waals surface area contributed by atoms with Crippen molar-refractivity contribution in [2.24, 2.45) is 0 Å². The molecule has 1 radical (unpaired) electrons. The van der Waals surface area contributed by atoms with E-state index in [2.05, 4.69) is 6.07 Å². The molecule has 1 atom stereocenters. The van der Waals surface area contributed by atoms with Gasteiger partial charge in [0.2, 0.25) is 0 Å². The normalized spacial score (nSPS) is 17.0. The van der Waals surface area contributed by atoms with Crippen LogP contribution in [0.4, 0.5) is 4.79 Å². The Labute approximate surface area is 118 Å². The van der Waals surface area contributed by atoms with Gasteiger partial charge >= 0.3 is 0 Å². The van der Waals surface area contributed by atoms with Crippen LogP contribution in [-0.4, -0.2) is 41.9 Å². The van der Waals surface area contributed by atoms with Gasteiger partial charge in [-0.3, -0.25) is 4.79 Å². The maximum atomic E-state index is 12.1. The minimum atomic E-state index is -0.172. The highest BCUT2D eigenvalue weighted by Gasteiger charge is 2.22. The Kier molecular flexibility index (Phi) is 5.54. The zero-order chi connectivity index (χ0) is 13.5. The molecule has 1 aromatic carbocycles. The Bertz CT molecular complexity index is 393. The Hall–Kier alpha value is -1.20. The molecule has 2 rings (SSSR count). The molecular weight excluding hydrogens is 262 g/mol. The highest BCUT2D eigenvalue weighted by atomic mass is 32.2. The lowest BCUT2D eigenvalue weighted by Crippen LogP contribution is -2.39. The molecule has 1 heterocycles. The number of para-hydroxylation sites is 1. The average Bonchev–Trinajstić information content (AvgIpc) is 2.48. The number of hydrogen-bond donors (Lipinski definition) is 0. The molecule has 0 saturated carbocycles. The third kappa shape index (κ3) is 4.44. The second-order valence-electron chi connectivity index (χ2n) is 4.17. The van der Waals surface area contributed by atoms with Gasteiger partial charge in [0, 0.05) is 19.2 Å². The lowest BCUT2D eigenvalue weighted by Gasteiger charge is -2.27. The monoisotopic (exact) mass is 280 g/mol. The quantitative estimate of drug-likeness (QED) is 0.795. The number of hydrogen-bond acceptors (Lipinski definition) is 4. The van der Waals surface area contributed by atoms with E-state index in [4.69, 9.17) is 9.47 Å². The van der Waals surface area contributed by atoms with Crippen molar-refractivity contribution in [1.29, 1.82) is 0 Å². The van der Waals surface area contributed by atoms with Crippen molar-refractivity contribution < 1.29 is 14.3 Å². The van der Waals surface area contributed by atoms with Crippen LogP contribution in [0, 0.1) is 6.07 Å². The first-order valence-electron chi connectivity index (χ1n) is 6.46. The number of carbonyl (C=O) groups excluding carboxylic acids is 1. The third-order valence-electron chi connectivity index (χ3n) is 2.77. The summed E-state index contributed by atoms with van der Waals surface area (Å²) in [6, 6.07) is 10.4. The summed E-state index contributed by atoms with van der Waals surface area (Å²) in [7, 11) is 0. The van der Waals surface area contributed by atoms with E-state index >= 15 is 0 Å². The van der Waals surface area contributed by atoms with Gasteiger partial charge in [-0.2, -0.15) is 0 Å². The van der Waals surface area contributed by atoms with Crippen LogP contribution in [0.5, 0.6) is 5.75 Å². The van der Waals surface area contributed by atoms with Crippen LogP contribution in [-0.2, 0) is 4.74 Å². The van der Waals surface area contributed by atoms with Crippen LogP contribution in [0.3, 0.4) is 0 Å². The predicted octanol–water partition coefficient (Wildman–Crippen LogP) is 2.79. The van der Waals surface area contributed by atoms with Crippen molar-refractivity contribution in [3.63, 3.8) is 0 Å². The number of nitrogens with zero attached hydrogens (tertiary/aromatic N) is 1. The van der Waals surface area contributed by atoms with Crippen molar-refractivity contribution in [2.45, 2.75) is 18.8 Å². The minimum Gasteiger partial charge on any atom is -0.479 e. The van der Waals surface area contributed by atoms with Gasteiger partial charge in [0.25, 0.3) is 5.24 Å². The molecule has 1 saturated heterocycles. The fourth-order valence-electron chi connectivity index (χ4n) is 1.72. The van der Waals surface area contributed by atoms with E-state index in [9.17, 15) is 4.79 Å². The molecule has 1 aromatic rings. The Morgan fingerprint density at radius 1 is 1.53 bits per heavy atom. The van der Waals surface area contributed by atoms with Gasteiger partial charge < -0.3 is 14.4 Å². The predicted molar refractivity (Wildman–Crippen MR) is 75.4 cm³/mol. The number of amides is 1. The Morgan fingerprint density at radius 3 is 2.95 bits per heavy atom. The molecule has 0 spiro atoms. The maximum Gasteiger partial charge on any atom is 0.285 e. The molecule has 4 nitrogen and oxygen atoms in total. The first-order valence-corrected chi connectivity index (χ1v) is 7.34. The molecule has 103 valence electrons. The van der Waals surface area contributed by atoms with E-state index in [0.717, 1.165) is 6.42 Å². The van der Waals surface area contributed by atoms with E-state index in [1.165, 1.54) is 11.8 Å². The minimum absolute atomic E-state index is 0.0612. The third-order valence-corrected chi connectivity index (χ3v) is 3.93. The van der Waals surface area contributed by atoms with Gasteiger partial charge in [0.1, 0.15) is 5.75 Å². The molecule has 1 fully saturated rings. The van der Waals surface area contributed by atoms with Crippen molar-refractivity contribution >= 4 is 17.0 Å². The highest BCUT2D eigenvalue weighted by Crippen LogP contribution is 2.23. The molecule has 1 unspecified atom stereocenters. The number of carbonyl (C=O) groups is 1. The van der Waals surface area contributed by atoms with Crippen molar-refractivity contribution in [3.05, 3.63) is 30.3 Å². The van der Waals surface area contributed by atoms with Crippen molar-refractivity contribution in [1.82, 2.24) is 4.90 Å². The van der Waals surface area contributed by atoms with Gasteiger partial charge in [0.05, 0.1) is 13.2 Å². The zero-order valence-electron chi connectivity index (χ0n) is 11.0. The molecule has 1 amide bonds. The van der Waals surface area contributed by atoms with E-state index in [-0.39, 0.29) is 10.7 Å². The summed E-state index contributed by atoms with van der Waals surface area (Å²) in [6.07, 6.45) is 0.767. The largest absolute Gasteiger partial charge is 0.479 e. The molecule has 1 aliphatic rings. The lowest BCUT2D eigenvalue weighted by atomic mass is 10.3. The van der Waals surface area contributed by atoms with E-state index in [1.807, 2.05) is 30.0 Å². The van der Waals surface area contributed by atoms with Crippen LogP contribution in [0.15, 0.2) is 24.3 Å². The van der Waals surface area contributed by atoms with Crippen LogP contribution in [0.25, 0.3) is 0 Å². The lowest BCUT2D eigenvalue weighted by molar-refractivity contribution is 0.0591. The number of rotatable bonds is 4. The number of ether oxygens (including phenoxy) is 2. The second-order valence-corrected chi connectivity index (χ2v) is 5.28. The Morgan fingerprint density at radius 2 is 2.32 bits per heavy atom. The number of benzene rings is 1. The standard InChI is InChI=1S/C14H18NO3S/c1-2-13(18-12-6-4-3-5-7-12)19-14(16)15-8-10-17-11-9-15/h3-6,13H,2,8-11H2,1H3. The zero-order valence-corrected chi connectivity index (χ0v) is 11.8. The summed E-state index contributed by atoms with van der Waals surface area (Å²) >= 11 is 1.24. The van der Waals surface area contributed by atoms with E-state index < -0.39 is 0 Å². The summed E-state index contributed by atoms with van der Waals surface area (Å²) in [5.41, 5.74) is -0.172. The molecule has 0 N–H and O–H groups in total. The van der Waals surface area contributed by atoms with Crippen molar-refractivity contribution in [3.8, 4) is 5.75 Å². The Balaban J connectivity index is 1.86. The first kappa shape index (κ1) is 14.2. The fourth-order valence-corrected chi connectivity index (χ4v) is 2.59. The summed E-state index contributed by atoms with van der Waals surface area (Å²) in [4.78, 5) is 13.9. The number of thioether (sulfide) groups is 1. The van der Waals surface area contributed by atoms with Crippen LogP contribution in [0.2, 0.25) is 0 Å². The SMILES string of the molecule is CCC(Oc1[c]cccc1)SC(=O)N1CCOCC1. The molecular formula is C14H18NO3S. The summed E-state index contributed by atoms with van der Waals surface area (Å²) in [6.45, 7) is 4.58. The van der Waals surface area contributed by atoms with Gasteiger partial charge in [0.15, 0.2) is 5.44 Å². The smallest absolute Gasteiger partial charge is 0.285 e. The van der Waals surface area contributed by atoms with E-state index in [1.54, 1.807) is 6.07 Å². The average molecular weight is 280 g/mol. The molecule has 5 heteroatoms. The summed E-state index contributed by atoms with van der Waals surface area (Å²) in [5, 5.41) is 0.0612. The topological polar surface area (TPSA) is 38.8 Å². The van der Waals surface area contributed by atoms with Crippen LogP contribution >= 0.6 is 11.8 Å². The van der Waals surface area contributed by atoms with E-state index in [0.29, 0.717) is 32.1 Å². The molecule has 0 aromatic heterocycles. The summed E-state index contributed by atoms with van der Waals surface area (Å²) < 4.78 is 11.0. The number of morpholine rings is 1. The van der Waals surface area contributed by atoms with Crippen molar-refractivity contribution in [2.75, 3.05) is 26.3 Å². The van der Waals surface area contributed by atoms with Gasteiger partial charge in [-0.05, 0) is 24.2 Å². The molecule has 0 aliphatic carbocycles. The van der Waals surface area contributed by atoms with Gasteiger partial charge in [-0.25, -0.2) is 0 Å². The first-order chi connectivity index (χ1) is 9.29. The van der Waals surface area contributed by atoms with Gasteiger partial charge in [-0.15, -0.1) is 0 Å². The van der Waals surface area contributed by atoms with Gasteiger partial charge in [-0.1, -0.05) is 25.1 Å². The summed E-state index contributed by atoms with van der Waals surface area (Å²) in [5.74, 6) is 0.677. The molecule has 0 bridgehead atoms. The molecule has 19 heavy (non-hydrogen) atoms. The maximum absolute atomic E-state index is 12.1. The fraction of sp³-hybridized carbons (Fsp3) is 0.500. The van der Waals surface area contributed by atoms with Crippen LogP contribution < -0.4 is 4.74 Å². The second kappa shape index (κ2) is 7.40.